The largest absolute Gasteiger partial charge is 0.504 e. The Morgan fingerprint density at radius 1 is 0.750 bits per heavy atom. The van der Waals surface area contributed by atoms with Crippen molar-refractivity contribution in [1.29, 1.82) is 0 Å². The summed E-state index contributed by atoms with van der Waals surface area (Å²) in [5.74, 6) is -0.954. The molecule has 0 unspecified atom stereocenters. The Balaban J connectivity index is 1.69. The van der Waals surface area contributed by atoms with Crippen LogP contribution >= 0.6 is 0 Å². The van der Waals surface area contributed by atoms with Crippen LogP contribution in [0.1, 0.15) is 24.0 Å². The molecule has 1 aliphatic heterocycles. The van der Waals surface area contributed by atoms with Crippen molar-refractivity contribution in [3.05, 3.63) is 58.7 Å². The Morgan fingerprint density at radius 2 is 1.21 bits per heavy atom. The van der Waals surface area contributed by atoms with Gasteiger partial charge in [-0.25, -0.2) is 0 Å². The van der Waals surface area contributed by atoms with Gasteiger partial charge < -0.3 is 20.4 Å². The lowest BCUT2D eigenvalue weighted by molar-refractivity contribution is -0.113. The van der Waals surface area contributed by atoms with Crippen LogP contribution in [0, 0.1) is 0 Å². The van der Waals surface area contributed by atoms with E-state index in [1.807, 2.05) is 0 Å². The summed E-state index contributed by atoms with van der Waals surface area (Å²) < 4.78 is 0. The van der Waals surface area contributed by atoms with Gasteiger partial charge >= 0.3 is 0 Å². The summed E-state index contributed by atoms with van der Waals surface area (Å²) in [6.07, 6.45) is 5.68. The summed E-state index contributed by atoms with van der Waals surface area (Å²) in [7, 11) is 0. The van der Waals surface area contributed by atoms with E-state index in [1.165, 1.54) is 24.3 Å². The Hall–Kier alpha value is -3.25. The molecular weight excluding hydrogens is 358 g/mol. The lowest BCUT2D eigenvalue weighted by Crippen LogP contribution is -2.39. The van der Waals surface area contributed by atoms with Crippen LogP contribution in [-0.4, -0.2) is 50.2 Å². The van der Waals surface area contributed by atoms with Crippen LogP contribution < -0.4 is 0 Å². The van der Waals surface area contributed by atoms with Gasteiger partial charge in [-0.1, -0.05) is 12.1 Å². The Kier molecular flexibility index (Phi) is 4.57. The molecule has 6 nitrogen and oxygen atoms in total. The first-order valence-electron chi connectivity index (χ1n) is 9.14. The standard InChI is InChI=1S/C22H21NO5/c24-18-5-1-13(9-20(18)26)7-15-11-23(17-3-4-17)12-16(22(15)28)8-14-2-6-19(25)21(27)10-14/h1-2,5-10,17,24-27H,3-4,11-12H2/b15-7+,16-8+. The number of Topliss-reactive ketones (excluding diaryl/α,β-unsaturated/α-hetero) is 1. The third-order valence-electron chi connectivity index (χ3n) is 5.07. The van der Waals surface area contributed by atoms with E-state index in [0.29, 0.717) is 41.4 Å². The Labute approximate surface area is 162 Å². The molecule has 2 aliphatic rings. The van der Waals surface area contributed by atoms with Crippen molar-refractivity contribution in [1.82, 2.24) is 4.90 Å². The van der Waals surface area contributed by atoms with Crippen molar-refractivity contribution in [3.8, 4) is 23.0 Å². The Bertz CT molecular complexity index is 930. The van der Waals surface area contributed by atoms with Crippen molar-refractivity contribution in [2.75, 3.05) is 13.1 Å². The van der Waals surface area contributed by atoms with E-state index in [-0.39, 0.29) is 28.8 Å². The molecule has 2 aromatic rings. The van der Waals surface area contributed by atoms with Crippen molar-refractivity contribution in [2.45, 2.75) is 18.9 Å². The topological polar surface area (TPSA) is 101 Å². The number of hydrogen-bond donors (Lipinski definition) is 4. The van der Waals surface area contributed by atoms with Gasteiger partial charge in [0.05, 0.1) is 0 Å². The van der Waals surface area contributed by atoms with E-state index in [1.54, 1.807) is 24.3 Å². The molecule has 0 bridgehead atoms. The molecule has 4 N–H and O–H groups in total. The molecule has 6 heteroatoms. The molecule has 0 aromatic heterocycles. The highest BCUT2D eigenvalue weighted by molar-refractivity contribution is 6.14. The molecular formula is C22H21NO5. The molecule has 28 heavy (non-hydrogen) atoms. The minimum atomic E-state index is -0.230. The summed E-state index contributed by atoms with van der Waals surface area (Å²) in [5.41, 5.74) is 2.49. The molecule has 1 heterocycles. The number of phenolic OH excluding ortho intramolecular Hbond substituents is 4. The molecule has 2 aromatic carbocycles. The van der Waals surface area contributed by atoms with Crippen LogP contribution in [0.25, 0.3) is 12.2 Å². The highest BCUT2D eigenvalue weighted by Gasteiger charge is 2.35. The van der Waals surface area contributed by atoms with Gasteiger partial charge in [-0.2, -0.15) is 0 Å². The number of piperidine rings is 1. The Morgan fingerprint density at radius 3 is 1.61 bits per heavy atom. The number of carbonyl (C=O) groups excluding carboxylic acids is 1. The third kappa shape index (κ3) is 3.73. The maximum atomic E-state index is 13.0. The van der Waals surface area contributed by atoms with Crippen LogP contribution in [0.5, 0.6) is 23.0 Å². The first kappa shape index (κ1) is 18.1. The second-order valence-corrected chi connectivity index (χ2v) is 7.30. The van der Waals surface area contributed by atoms with Gasteiger partial charge in [0.25, 0.3) is 0 Å². The fourth-order valence-corrected chi connectivity index (χ4v) is 3.43. The van der Waals surface area contributed by atoms with Gasteiger partial charge in [-0.05, 0) is 60.4 Å². The maximum Gasteiger partial charge on any atom is 0.187 e. The minimum absolute atomic E-state index is 0.0861. The first-order valence-corrected chi connectivity index (χ1v) is 9.14. The van der Waals surface area contributed by atoms with Gasteiger partial charge in [0.1, 0.15) is 0 Å². The molecule has 1 saturated heterocycles. The van der Waals surface area contributed by atoms with Crippen molar-refractivity contribution < 1.29 is 25.2 Å². The monoisotopic (exact) mass is 379 g/mol. The van der Waals surface area contributed by atoms with Crippen LogP contribution in [0.3, 0.4) is 0 Å². The smallest absolute Gasteiger partial charge is 0.187 e. The molecule has 0 amide bonds. The lowest BCUT2D eigenvalue weighted by Gasteiger charge is -2.29. The summed E-state index contributed by atoms with van der Waals surface area (Å²) in [4.78, 5) is 15.3. The summed E-state index contributed by atoms with van der Waals surface area (Å²) in [6.45, 7) is 1.06. The first-order chi connectivity index (χ1) is 13.4. The molecule has 0 spiro atoms. The van der Waals surface area contributed by atoms with Crippen molar-refractivity contribution in [2.24, 2.45) is 0 Å². The number of rotatable bonds is 3. The highest BCUT2D eigenvalue weighted by atomic mass is 16.3. The second kappa shape index (κ2) is 7.05. The number of ketones is 1. The molecule has 0 radical (unpaired) electrons. The normalized spacial score (nSPS) is 20.8. The maximum absolute atomic E-state index is 13.0. The fraction of sp³-hybridized carbons (Fsp3) is 0.227. The SMILES string of the molecule is O=C1/C(=C/c2ccc(O)c(O)c2)CN(C2CC2)C/C1=C\c1ccc(O)c(O)c1. The molecule has 0 atom stereocenters. The fourth-order valence-electron chi connectivity index (χ4n) is 3.43. The van der Waals surface area contributed by atoms with E-state index in [0.717, 1.165) is 12.8 Å². The van der Waals surface area contributed by atoms with Crippen LogP contribution in [0.2, 0.25) is 0 Å². The number of nitrogens with zero attached hydrogens (tertiary/aromatic N) is 1. The minimum Gasteiger partial charge on any atom is -0.504 e. The molecule has 1 aliphatic carbocycles. The number of aromatic hydroxyl groups is 4. The predicted molar refractivity (Wildman–Crippen MR) is 105 cm³/mol. The second-order valence-electron chi connectivity index (χ2n) is 7.30. The zero-order valence-electron chi connectivity index (χ0n) is 15.2. The zero-order valence-corrected chi connectivity index (χ0v) is 15.2. The lowest BCUT2D eigenvalue weighted by atomic mass is 9.94. The summed E-state index contributed by atoms with van der Waals surface area (Å²) >= 11 is 0. The number of benzene rings is 2. The van der Waals surface area contributed by atoms with E-state index < -0.39 is 0 Å². The number of phenols is 4. The summed E-state index contributed by atoms with van der Waals surface area (Å²) in [5, 5.41) is 38.4. The molecule has 2 fully saturated rings. The van der Waals surface area contributed by atoms with E-state index in [9.17, 15) is 25.2 Å². The number of carbonyl (C=O) groups is 1. The zero-order chi connectivity index (χ0) is 19.8. The average Bonchev–Trinajstić information content (AvgIpc) is 3.50. The van der Waals surface area contributed by atoms with E-state index >= 15 is 0 Å². The van der Waals surface area contributed by atoms with Crippen molar-refractivity contribution >= 4 is 17.9 Å². The third-order valence-corrected chi connectivity index (χ3v) is 5.07. The predicted octanol–water partition coefficient (Wildman–Crippen LogP) is 3.02. The molecule has 1 saturated carbocycles. The average molecular weight is 379 g/mol. The van der Waals surface area contributed by atoms with Gasteiger partial charge in [0.2, 0.25) is 0 Å². The van der Waals surface area contributed by atoms with Gasteiger partial charge in [0.15, 0.2) is 28.8 Å². The van der Waals surface area contributed by atoms with Crippen LogP contribution in [0.4, 0.5) is 0 Å². The number of likely N-dealkylation sites (tertiary alicyclic amines) is 1. The van der Waals surface area contributed by atoms with Crippen molar-refractivity contribution in [3.63, 3.8) is 0 Å². The van der Waals surface area contributed by atoms with Crippen LogP contribution in [0.15, 0.2) is 47.5 Å². The van der Waals surface area contributed by atoms with Crippen LogP contribution in [-0.2, 0) is 4.79 Å². The van der Waals surface area contributed by atoms with E-state index in [4.69, 9.17) is 0 Å². The van der Waals surface area contributed by atoms with Gasteiger partial charge in [-0.3, -0.25) is 9.69 Å². The molecule has 144 valence electrons. The van der Waals surface area contributed by atoms with E-state index in [2.05, 4.69) is 4.90 Å². The van der Waals surface area contributed by atoms with Gasteiger partial charge in [0, 0.05) is 30.3 Å². The highest BCUT2D eigenvalue weighted by Crippen LogP contribution is 2.34. The summed E-state index contributed by atoms with van der Waals surface area (Å²) in [6, 6.07) is 9.38. The number of hydrogen-bond acceptors (Lipinski definition) is 6. The quantitative estimate of drug-likeness (QED) is 0.483. The molecule has 4 rings (SSSR count). The van der Waals surface area contributed by atoms with Gasteiger partial charge in [-0.15, -0.1) is 0 Å².